The maximum atomic E-state index is 12.3. The second kappa shape index (κ2) is 10.8. The van der Waals surface area contributed by atoms with Gasteiger partial charge in [0.1, 0.15) is 5.75 Å². The number of aromatic nitrogens is 3. The van der Waals surface area contributed by atoms with Crippen molar-refractivity contribution >= 4 is 29.0 Å². The first-order valence-corrected chi connectivity index (χ1v) is 11.3. The van der Waals surface area contributed by atoms with Crippen LogP contribution < -0.4 is 10.1 Å². The molecule has 0 saturated carbocycles. The Bertz CT molecular complexity index is 1070. The molecule has 0 aliphatic carbocycles. The molecule has 0 radical (unpaired) electrons. The molecule has 0 unspecified atom stereocenters. The van der Waals surface area contributed by atoms with Gasteiger partial charge in [0, 0.05) is 24.4 Å². The van der Waals surface area contributed by atoms with Crippen molar-refractivity contribution in [2.45, 2.75) is 45.0 Å². The van der Waals surface area contributed by atoms with Crippen molar-refractivity contribution in [3.05, 3.63) is 70.0 Å². The quantitative estimate of drug-likeness (QED) is 0.269. The van der Waals surface area contributed by atoms with Gasteiger partial charge in [-0.3, -0.25) is 14.9 Å². The highest BCUT2D eigenvalue weighted by molar-refractivity contribution is 7.99. The van der Waals surface area contributed by atoms with Crippen LogP contribution in [-0.4, -0.2) is 31.3 Å². The minimum absolute atomic E-state index is 0.0291. The third-order valence-corrected chi connectivity index (χ3v) is 5.73. The Balaban J connectivity index is 1.59. The highest BCUT2D eigenvalue weighted by Crippen LogP contribution is 2.25. The number of carbonyl (C=O) groups is 1. The van der Waals surface area contributed by atoms with Crippen LogP contribution in [0.4, 0.5) is 11.4 Å². The summed E-state index contributed by atoms with van der Waals surface area (Å²) in [5, 5.41) is 22.6. The van der Waals surface area contributed by atoms with E-state index >= 15 is 0 Å². The number of nitro groups is 1. The summed E-state index contributed by atoms with van der Waals surface area (Å²) >= 11 is 1.27. The van der Waals surface area contributed by atoms with Crippen molar-refractivity contribution in [2.75, 3.05) is 11.1 Å². The topological polar surface area (TPSA) is 112 Å². The van der Waals surface area contributed by atoms with E-state index < -0.39 is 4.92 Å². The van der Waals surface area contributed by atoms with E-state index in [2.05, 4.69) is 22.4 Å². The summed E-state index contributed by atoms with van der Waals surface area (Å²) in [7, 11) is 0. The Morgan fingerprint density at radius 1 is 1.16 bits per heavy atom. The van der Waals surface area contributed by atoms with Crippen LogP contribution in [0.2, 0.25) is 0 Å². The van der Waals surface area contributed by atoms with Gasteiger partial charge in [-0.25, -0.2) is 0 Å². The summed E-state index contributed by atoms with van der Waals surface area (Å²) in [5.74, 6) is 1.33. The van der Waals surface area contributed by atoms with Crippen LogP contribution in [0, 0.1) is 10.1 Å². The molecule has 1 atom stereocenters. The maximum absolute atomic E-state index is 12.3. The number of carbonyl (C=O) groups excluding carboxylic acids is 1. The number of amides is 1. The predicted molar refractivity (Wildman–Crippen MR) is 123 cm³/mol. The average Bonchev–Trinajstić information content (AvgIpc) is 3.21. The lowest BCUT2D eigenvalue weighted by Crippen LogP contribution is -2.15. The summed E-state index contributed by atoms with van der Waals surface area (Å²) in [4.78, 5) is 22.5. The molecule has 1 N–H and O–H groups in total. The number of hydrogen-bond donors (Lipinski definition) is 1. The molecule has 0 spiro atoms. The van der Waals surface area contributed by atoms with E-state index in [-0.39, 0.29) is 23.5 Å². The van der Waals surface area contributed by atoms with Crippen LogP contribution in [-0.2, 0) is 17.8 Å². The second-order valence-electron chi connectivity index (χ2n) is 6.98. The minimum Gasteiger partial charge on any atom is -0.483 e. The first-order chi connectivity index (χ1) is 15.4. The summed E-state index contributed by atoms with van der Waals surface area (Å²) in [6, 6.07) is 13.7. The largest absolute Gasteiger partial charge is 0.483 e. The highest BCUT2D eigenvalue weighted by Gasteiger charge is 2.19. The molecule has 0 fully saturated rings. The summed E-state index contributed by atoms with van der Waals surface area (Å²) in [6.07, 6.45) is 0.663. The Morgan fingerprint density at radius 2 is 1.84 bits per heavy atom. The zero-order valence-electron chi connectivity index (χ0n) is 18.1. The Kier molecular flexibility index (Phi) is 7.82. The number of ether oxygens (including phenoxy) is 1. The van der Waals surface area contributed by atoms with Crippen molar-refractivity contribution < 1.29 is 14.5 Å². The third-order valence-electron chi connectivity index (χ3n) is 4.76. The van der Waals surface area contributed by atoms with Crippen LogP contribution in [0.25, 0.3) is 0 Å². The van der Waals surface area contributed by atoms with Crippen LogP contribution in [0.3, 0.4) is 0 Å². The molecule has 2 aromatic carbocycles. The molecule has 10 heteroatoms. The first-order valence-electron chi connectivity index (χ1n) is 10.3. The van der Waals surface area contributed by atoms with E-state index in [9.17, 15) is 14.9 Å². The molecule has 0 aliphatic heterocycles. The van der Waals surface area contributed by atoms with E-state index in [1.165, 1.54) is 41.6 Å². The Morgan fingerprint density at radius 3 is 2.44 bits per heavy atom. The first kappa shape index (κ1) is 23.3. The van der Waals surface area contributed by atoms with Gasteiger partial charge in [-0.15, -0.1) is 10.2 Å². The van der Waals surface area contributed by atoms with Crippen molar-refractivity contribution in [3.63, 3.8) is 0 Å². The van der Waals surface area contributed by atoms with Crippen LogP contribution in [0.5, 0.6) is 5.75 Å². The molecular formula is C22H25N5O4S. The van der Waals surface area contributed by atoms with Crippen LogP contribution >= 0.6 is 11.8 Å². The van der Waals surface area contributed by atoms with Crippen molar-refractivity contribution in [1.82, 2.24) is 14.8 Å². The van der Waals surface area contributed by atoms with Gasteiger partial charge in [0.15, 0.2) is 17.1 Å². The molecule has 3 aromatic rings. The summed E-state index contributed by atoms with van der Waals surface area (Å²) < 4.78 is 7.95. The maximum Gasteiger partial charge on any atom is 0.269 e. The van der Waals surface area contributed by atoms with Crippen LogP contribution in [0.15, 0.2) is 53.7 Å². The number of non-ortho nitro benzene ring substituents is 1. The molecule has 9 nitrogen and oxygen atoms in total. The smallest absolute Gasteiger partial charge is 0.269 e. The lowest BCUT2D eigenvalue weighted by molar-refractivity contribution is -0.384. The molecule has 0 bridgehead atoms. The molecule has 3 rings (SSSR count). The van der Waals surface area contributed by atoms with Crippen LogP contribution in [0.1, 0.15) is 38.3 Å². The Labute approximate surface area is 190 Å². The second-order valence-corrected chi connectivity index (χ2v) is 7.93. The summed E-state index contributed by atoms with van der Waals surface area (Å²) in [5.41, 5.74) is 1.71. The fourth-order valence-electron chi connectivity index (χ4n) is 3.06. The van der Waals surface area contributed by atoms with Crippen molar-refractivity contribution in [1.29, 1.82) is 0 Å². The fourth-order valence-corrected chi connectivity index (χ4v) is 3.87. The number of hydrogen-bond acceptors (Lipinski definition) is 7. The number of rotatable bonds is 10. The monoisotopic (exact) mass is 455 g/mol. The van der Waals surface area contributed by atoms with Gasteiger partial charge in [-0.1, -0.05) is 30.8 Å². The number of benzene rings is 2. The normalized spacial score (nSPS) is 11.7. The summed E-state index contributed by atoms with van der Waals surface area (Å²) in [6.45, 7) is 6.64. The van der Waals surface area contributed by atoms with Gasteiger partial charge in [0.05, 0.1) is 10.7 Å². The number of nitrogens with one attached hydrogen (secondary N) is 1. The van der Waals surface area contributed by atoms with Gasteiger partial charge in [0.2, 0.25) is 5.91 Å². The third kappa shape index (κ3) is 5.85. The standard InChI is InChI=1S/C22H25N5O4S/c1-4-16-6-12-19(13-7-16)31-15(3)21-24-25-22(26(21)5-2)32-14-20(28)23-17-8-10-18(11-9-17)27(29)30/h6-13,15H,4-5,14H2,1-3H3,(H,23,28)/t15-/m1/s1. The van der Waals surface area contributed by atoms with E-state index in [0.717, 1.165) is 12.2 Å². The van der Waals surface area contributed by atoms with Gasteiger partial charge < -0.3 is 14.6 Å². The molecule has 1 aromatic heterocycles. The average molecular weight is 456 g/mol. The number of anilines is 1. The lowest BCUT2D eigenvalue weighted by Gasteiger charge is -2.16. The SMILES string of the molecule is CCc1ccc(O[C@H](C)c2nnc(SCC(=O)Nc3ccc([N+](=O)[O-])cc3)n2CC)cc1. The molecule has 168 valence electrons. The lowest BCUT2D eigenvalue weighted by atomic mass is 10.2. The van der Waals surface area contributed by atoms with E-state index in [4.69, 9.17) is 4.74 Å². The minimum atomic E-state index is -0.485. The highest BCUT2D eigenvalue weighted by atomic mass is 32.2. The predicted octanol–water partition coefficient (Wildman–Crippen LogP) is 4.64. The Hall–Kier alpha value is -3.40. The zero-order valence-corrected chi connectivity index (χ0v) is 19.0. The van der Waals surface area contributed by atoms with Gasteiger partial charge >= 0.3 is 0 Å². The zero-order chi connectivity index (χ0) is 23.1. The van der Waals surface area contributed by atoms with E-state index in [1.807, 2.05) is 42.7 Å². The molecule has 1 amide bonds. The van der Waals surface area contributed by atoms with Gasteiger partial charge in [-0.2, -0.15) is 0 Å². The van der Waals surface area contributed by atoms with E-state index in [1.54, 1.807) is 0 Å². The van der Waals surface area contributed by atoms with E-state index in [0.29, 0.717) is 23.2 Å². The molecule has 0 aliphatic rings. The number of thioether (sulfide) groups is 1. The van der Waals surface area contributed by atoms with Gasteiger partial charge in [0.25, 0.3) is 5.69 Å². The van der Waals surface area contributed by atoms with Crippen molar-refractivity contribution in [2.24, 2.45) is 0 Å². The van der Waals surface area contributed by atoms with Crippen molar-refractivity contribution in [3.8, 4) is 5.75 Å². The molecular weight excluding hydrogens is 430 g/mol. The van der Waals surface area contributed by atoms with Gasteiger partial charge in [-0.05, 0) is 50.1 Å². The molecule has 32 heavy (non-hydrogen) atoms. The number of nitrogens with zero attached hydrogens (tertiary/aromatic N) is 4. The fraction of sp³-hybridized carbons (Fsp3) is 0.318. The number of aryl methyl sites for hydroxylation is 1. The molecule has 0 saturated heterocycles. The number of nitro benzene ring substituents is 1. The molecule has 1 heterocycles.